The Morgan fingerprint density at radius 2 is 1.90 bits per heavy atom. The van der Waals surface area contributed by atoms with E-state index in [1.807, 2.05) is 9.95 Å². The molecule has 0 aliphatic carbocycles. The first kappa shape index (κ1) is 21.7. The Kier molecular flexibility index (Phi) is 6.54. The Morgan fingerprint density at radius 1 is 1.06 bits per heavy atom. The lowest BCUT2D eigenvalue weighted by Gasteiger charge is -2.06. The number of thioether (sulfide) groups is 1. The van der Waals surface area contributed by atoms with Crippen molar-refractivity contribution in [3.05, 3.63) is 51.0 Å². The highest BCUT2D eigenvalue weighted by Crippen LogP contribution is 2.29. The number of aryl methyl sites for hydroxylation is 3. The number of amides is 1. The Hall–Kier alpha value is -2.49. The first-order chi connectivity index (χ1) is 14.9. The molecule has 1 N–H and O–H groups in total. The zero-order valence-electron chi connectivity index (χ0n) is 17.8. The molecule has 31 heavy (non-hydrogen) atoms. The van der Waals surface area contributed by atoms with Crippen LogP contribution in [0.15, 0.2) is 40.2 Å². The molecule has 3 heterocycles. The van der Waals surface area contributed by atoms with Crippen LogP contribution in [-0.4, -0.2) is 31.4 Å². The lowest BCUT2D eigenvalue weighted by atomic mass is 10.1. The summed E-state index contributed by atoms with van der Waals surface area (Å²) in [6, 6.07) is 8.38. The molecule has 0 aliphatic heterocycles. The summed E-state index contributed by atoms with van der Waals surface area (Å²) in [4.78, 5) is 18.3. The molecule has 0 fully saturated rings. The van der Waals surface area contributed by atoms with Crippen LogP contribution in [0.2, 0.25) is 0 Å². The monoisotopic (exact) mass is 469 g/mol. The van der Waals surface area contributed by atoms with Crippen molar-refractivity contribution in [2.75, 3.05) is 11.1 Å². The molecule has 0 spiro atoms. The third-order valence-electron chi connectivity index (χ3n) is 4.91. The Labute approximate surface area is 193 Å². The minimum Gasteiger partial charge on any atom is -0.302 e. The van der Waals surface area contributed by atoms with Gasteiger partial charge in [-0.15, -0.1) is 32.9 Å². The van der Waals surface area contributed by atoms with Crippen molar-refractivity contribution in [3.8, 4) is 22.6 Å². The third kappa shape index (κ3) is 4.89. The summed E-state index contributed by atoms with van der Waals surface area (Å²) in [7, 11) is 0. The van der Waals surface area contributed by atoms with E-state index in [2.05, 4.69) is 77.8 Å². The number of anilines is 1. The predicted octanol–water partition coefficient (Wildman–Crippen LogP) is 5.81. The fraction of sp³-hybridized carbons (Fsp3) is 0.273. The number of carbonyl (C=O) groups excluding carboxylic acids is 1. The molecular formula is C22H23N5OS3. The molecule has 160 valence electrons. The van der Waals surface area contributed by atoms with Crippen LogP contribution in [0.5, 0.6) is 0 Å². The van der Waals surface area contributed by atoms with Gasteiger partial charge in [0, 0.05) is 33.3 Å². The van der Waals surface area contributed by atoms with Gasteiger partial charge in [0.15, 0.2) is 16.1 Å². The van der Waals surface area contributed by atoms with Crippen molar-refractivity contribution in [2.24, 2.45) is 0 Å². The highest BCUT2D eigenvalue weighted by molar-refractivity contribution is 7.99. The van der Waals surface area contributed by atoms with Crippen LogP contribution in [0, 0.1) is 20.8 Å². The van der Waals surface area contributed by atoms with Gasteiger partial charge in [-0.3, -0.25) is 4.79 Å². The molecule has 0 radical (unpaired) electrons. The van der Waals surface area contributed by atoms with E-state index < -0.39 is 0 Å². The van der Waals surface area contributed by atoms with Crippen LogP contribution >= 0.6 is 34.4 Å². The molecule has 0 atom stereocenters. The lowest BCUT2D eigenvalue weighted by Crippen LogP contribution is -2.14. The zero-order valence-corrected chi connectivity index (χ0v) is 20.2. The molecule has 0 bridgehead atoms. The third-order valence-corrected chi connectivity index (χ3v) is 7.49. The number of nitrogens with zero attached hydrogens (tertiary/aromatic N) is 4. The van der Waals surface area contributed by atoms with Crippen LogP contribution < -0.4 is 5.32 Å². The average molecular weight is 470 g/mol. The number of carbonyl (C=O) groups is 1. The number of hydrogen-bond donors (Lipinski definition) is 1. The minimum atomic E-state index is -0.107. The van der Waals surface area contributed by atoms with Gasteiger partial charge < -0.3 is 9.88 Å². The van der Waals surface area contributed by atoms with Gasteiger partial charge >= 0.3 is 0 Å². The number of thiophene rings is 1. The van der Waals surface area contributed by atoms with E-state index in [0.29, 0.717) is 5.13 Å². The Balaban J connectivity index is 1.39. The van der Waals surface area contributed by atoms with Crippen molar-refractivity contribution in [1.29, 1.82) is 0 Å². The second-order valence-electron chi connectivity index (χ2n) is 7.17. The normalized spacial score (nSPS) is 11.1. The van der Waals surface area contributed by atoms with Crippen LogP contribution in [0.25, 0.3) is 22.6 Å². The van der Waals surface area contributed by atoms with Gasteiger partial charge in [0.25, 0.3) is 0 Å². The molecule has 4 aromatic rings. The van der Waals surface area contributed by atoms with Gasteiger partial charge in [-0.1, -0.05) is 23.9 Å². The molecule has 3 aromatic heterocycles. The van der Waals surface area contributed by atoms with Crippen molar-refractivity contribution >= 4 is 45.5 Å². The fourth-order valence-corrected chi connectivity index (χ4v) is 5.32. The van der Waals surface area contributed by atoms with E-state index in [0.717, 1.165) is 34.3 Å². The van der Waals surface area contributed by atoms with E-state index in [4.69, 9.17) is 0 Å². The maximum Gasteiger partial charge on any atom is 0.236 e. The van der Waals surface area contributed by atoms with Crippen molar-refractivity contribution in [2.45, 2.75) is 39.4 Å². The molecule has 0 unspecified atom stereocenters. The molecule has 0 saturated heterocycles. The van der Waals surface area contributed by atoms with Crippen LogP contribution in [0.3, 0.4) is 0 Å². The van der Waals surface area contributed by atoms with Crippen molar-refractivity contribution < 1.29 is 4.79 Å². The van der Waals surface area contributed by atoms with E-state index in [-0.39, 0.29) is 11.7 Å². The highest BCUT2D eigenvalue weighted by atomic mass is 32.2. The van der Waals surface area contributed by atoms with Gasteiger partial charge in [-0.2, -0.15) is 0 Å². The van der Waals surface area contributed by atoms with Gasteiger partial charge in [-0.05, 0) is 51.0 Å². The quantitative estimate of drug-likeness (QED) is 0.346. The lowest BCUT2D eigenvalue weighted by molar-refractivity contribution is -0.113. The summed E-state index contributed by atoms with van der Waals surface area (Å²) >= 11 is 4.51. The van der Waals surface area contributed by atoms with Crippen LogP contribution in [0.1, 0.15) is 22.9 Å². The summed E-state index contributed by atoms with van der Waals surface area (Å²) in [5, 5.41) is 16.9. The molecule has 6 nitrogen and oxygen atoms in total. The first-order valence-electron chi connectivity index (χ1n) is 9.89. The number of aromatic nitrogens is 4. The van der Waals surface area contributed by atoms with E-state index in [9.17, 15) is 4.79 Å². The Morgan fingerprint density at radius 3 is 2.61 bits per heavy atom. The average Bonchev–Trinajstić information content (AvgIpc) is 3.47. The van der Waals surface area contributed by atoms with Gasteiger partial charge in [0.1, 0.15) is 0 Å². The highest BCUT2D eigenvalue weighted by Gasteiger charge is 2.16. The fourth-order valence-electron chi connectivity index (χ4n) is 3.10. The van der Waals surface area contributed by atoms with Crippen molar-refractivity contribution in [3.63, 3.8) is 0 Å². The van der Waals surface area contributed by atoms with Crippen LogP contribution in [0.4, 0.5) is 5.13 Å². The van der Waals surface area contributed by atoms with E-state index >= 15 is 0 Å². The largest absolute Gasteiger partial charge is 0.302 e. The number of thiazole rings is 1. The van der Waals surface area contributed by atoms with E-state index in [1.165, 1.54) is 39.1 Å². The first-order valence-corrected chi connectivity index (χ1v) is 12.6. The molecule has 9 heteroatoms. The SMILES string of the molecule is CCn1c(SCC(=O)Nc2nc(-c3ccc(C)c(C)c3)cs2)nnc1-c1csc(C)c1. The minimum absolute atomic E-state index is 0.107. The zero-order chi connectivity index (χ0) is 22.0. The maximum atomic E-state index is 12.5. The molecule has 1 aromatic carbocycles. The van der Waals surface area contributed by atoms with Gasteiger partial charge in [0.05, 0.1) is 11.4 Å². The molecule has 0 saturated carbocycles. The molecule has 1 amide bonds. The number of nitrogens with one attached hydrogen (secondary N) is 1. The predicted molar refractivity (Wildman–Crippen MR) is 130 cm³/mol. The van der Waals surface area contributed by atoms with Crippen molar-refractivity contribution in [1.82, 2.24) is 19.7 Å². The second-order valence-corrected chi connectivity index (χ2v) is 10.1. The van der Waals surface area contributed by atoms with E-state index in [1.54, 1.807) is 11.3 Å². The maximum absolute atomic E-state index is 12.5. The van der Waals surface area contributed by atoms with Gasteiger partial charge in [-0.25, -0.2) is 4.98 Å². The second kappa shape index (κ2) is 9.33. The molecule has 0 aliphatic rings. The number of benzene rings is 1. The Bertz CT molecular complexity index is 1220. The number of rotatable bonds is 7. The molecule has 4 rings (SSSR count). The summed E-state index contributed by atoms with van der Waals surface area (Å²) < 4.78 is 2.04. The summed E-state index contributed by atoms with van der Waals surface area (Å²) in [6.45, 7) is 9.05. The smallest absolute Gasteiger partial charge is 0.236 e. The summed E-state index contributed by atoms with van der Waals surface area (Å²) in [6.07, 6.45) is 0. The summed E-state index contributed by atoms with van der Waals surface area (Å²) in [5.41, 5.74) is 5.47. The topological polar surface area (TPSA) is 72.7 Å². The van der Waals surface area contributed by atoms with Crippen LogP contribution in [-0.2, 0) is 11.3 Å². The number of hydrogen-bond acceptors (Lipinski definition) is 7. The standard InChI is InChI=1S/C22H23N5OS3/c1-5-27-20(17-9-15(4)29-10-17)25-26-22(27)31-12-19(28)24-21-23-18(11-30-21)16-7-6-13(2)14(3)8-16/h6-11H,5,12H2,1-4H3,(H,23,24,28). The summed E-state index contributed by atoms with van der Waals surface area (Å²) in [5.74, 6) is 0.983. The van der Waals surface area contributed by atoms with Gasteiger partial charge in [0.2, 0.25) is 5.91 Å². The molecular weight excluding hydrogens is 446 g/mol.